The molecule has 1 aromatic carbocycles. The summed E-state index contributed by atoms with van der Waals surface area (Å²) in [6, 6.07) is 4.19. The molecule has 0 aromatic heterocycles. The second-order valence-electron chi connectivity index (χ2n) is 3.05. The number of aryl methyl sites for hydroxylation is 1. The zero-order valence-electron chi connectivity index (χ0n) is 8.61. The highest BCUT2D eigenvalue weighted by molar-refractivity contribution is 6.41. The van der Waals surface area contributed by atoms with Gasteiger partial charge in [0.2, 0.25) is 0 Å². The Morgan fingerprint density at radius 1 is 1.40 bits per heavy atom. The van der Waals surface area contributed by atoms with Gasteiger partial charge in [0.25, 0.3) is 5.78 Å². The number of ketones is 1. The van der Waals surface area contributed by atoms with E-state index in [4.69, 9.17) is 5.11 Å². The Morgan fingerprint density at radius 3 is 2.60 bits per heavy atom. The minimum Gasteiger partial charge on any atom is -0.508 e. The van der Waals surface area contributed by atoms with Crippen LogP contribution in [0.1, 0.15) is 22.8 Å². The number of phenolic OH excluding ortho intramolecular Hbond substituents is 1. The molecule has 0 aliphatic heterocycles. The van der Waals surface area contributed by atoms with Gasteiger partial charge in [-0.2, -0.15) is 0 Å². The van der Waals surface area contributed by atoms with Crippen LogP contribution >= 0.6 is 0 Å². The van der Waals surface area contributed by atoms with E-state index in [1.54, 1.807) is 13.8 Å². The van der Waals surface area contributed by atoms with Crippen molar-refractivity contribution >= 4 is 11.8 Å². The molecule has 0 unspecified atom stereocenters. The van der Waals surface area contributed by atoms with Gasteiger partial charge in [-0.05, 0) is 37.6 Å². The summed E-state index contributed by atoms with van der Waals surface area (Å²) in [5, 5.41) is 9.13. The van der Waals surface area contributed by atoms with E-state index in [1.807, 2.05) is 0 Å². The molecule has 0 aliphatic rings. The highest BCUT2D eigenvalue weighted by atomic mass is 16.5. The number of phenols is 1. The monoisotopic (exact) mass is 208 g/mol. The third kappa shape index (κ3) is 2.56. The number of carbonyl (C=O) groups excluding carboxylic acids is 2. The lowest BCUT2D eigenvalue weighted by Crippen LogP contribution is -2.18. The molecule has 1 aromatic rings. The predicted octanol–water partition coefficient (Wildman–Crippen LogP) is 1.45. The van der Waals surface area contributed by atoms with Gasteiger partial charge in [0.1, 0.15) is 5.75 Å². The molecule has 0 amide bonds. The molecule has 0 saturated heterocycles. The number of hydrogen-bond donors (Lipinski definition) is 1. The van der Waals surface area contributed by atoms with Crippen LogP contribution in [0.4, 0.5) is 0 Å². The molecule has 4 nitrogen and oxygen atoms in total. The van der Waals surface area contributed by atoms with Gasteiger partial charge in [-0.3, -0.25) is 4.79 Å². The maximum atomic E-state index is 11.5. The second kappa shape index (κ2) is 4.59. The van der Waals surface area contributed by atoms with Gasteiger partial charge in [-0.25, -0.2) is 4.79 Å². The quantitative estimate of drug-likeness (QED) is 0.464. The summed E-state index contributed by atoms with van der Waals surface area (Å²) in [6.45, 7) is 3.45. The molecular formula is C11H12O4. The predicted molar refractivity (Wildman–Crippen MR) is 53.8 cm³/mol. The average molecular weight is 208 g/mol. The average Bonchev–Trinajstić information content (AvgIpc) is 2.17. The number of Topliss-reactive ketones (excluding diaryl/α,β-unsaturated/α-hetero) is 1. The SMILES string of the molecule is CCOC(=O)C(=O)c1ccc(O)cc1C. The number of ether oxygens (including phenoxy) is 1. The Labute approximate surface area is 87.5 Å². The number of aromatic hydroxyl groups is 1. The fraction of sp³-hybridized carbons (Fsp3) is 0.273. The van der Waals surface area contributed by atoms with Crippen LogP contribution in [0.5, 0.6) is 5.75 Å². The van der Waals surface area contributed by atoms with Gasteiger partial charge in [-0.15, -0.1) is 0 Å². The molecule has 0 fully saturated rings. The summed E-state index contributed by atoms with van der Waals surface area (Å²) >= 11 is 0. The lowest BCUT2D eigenvalue weighted by molar-refractivity contribution is -0.137. The van der Waals surface area contributed by atoms with E-state index < -0.39 is 11.8 Å². The molecular weight excluding hydrogens is 196 g/mol. The fourth-order valence-corrected chi connectivity index (χ4v) is 1.21. The van der Waals surface area contributed by atoms with Gasteiger partial charge < -0.3 is 9.84 Å². The van der Waals surface area contributed by atoms with Gasteiger partial charge in [0, 0.05) is 5.56 Å². The van der Waals surface area contributed by atoms with E-state index in [9.17, 15) is 9.59 Å². The van der Waals surface area contributed by atoms with E-state index in [2.05, 4.69) is 4.74 Å². The van der Waals surface area contributed by atoms with Crippen LogP contribution in [0.2, 0.25) is 0 Å². The minimum absolute atomic E-state index is 0.0629. The smallest absolute Gasteiger partial charge is 0.379 e. The van der Waals surface area contributed by atoms with Crippen LogP contribution in [-0.4, -0.2) is 23.5 Å². The first-order chi connectivity index (χ1) is 7.06. The molecule has 80 valence electrons. The van der Waals surface area contributed by atoms with Crippen molar-refractivity contribution in [3.8, 4) is 5.75 Å². The zero-order valence-corrected chi connectivity index (χ0v) is 8.61. The lowest BCUT2D eigenvalue weighted by atomic mass is 10.0. The Kier molecular flexibility index (Phi) is 3.44. The van der Waals surface area contributed by atoms with Gasteiger partial charge >= 0.3 is 5.97 Å². The Morgan fingerprint density at radius 2 is 2.07 bits per heavy atom. The molecule has 0 bridgehead atoms. The van der Waals surface area contributed by atoms with Crippen molar-refractivity contribution in [1.82, 2.24) is 0 Å². The largest absolute Gasteiger partial charge is 0.508 e. The van der Waals surface area contributed by atoms with E-state index in [-0.39, 0.29) is 17.9 Å². The number of hydrogen-bond acceptors (Lipinski definition) is 4. The van der Waals surface area contributed by atoms with E-state index in [0.29, 0.717) is 5.56 Å². The normalized spacial score (nSPS) is 9.73. The third-order valence-corrected chi connectivity index (χ3v) is 1.92. The van der Waals surface area contributed by atoms with Crippen molar-refractivity contribution in [3.63, 3.8) is 0 Å². The zero-order chi connectivity index (χ0) is 11.4. The van der Waals surface area contributed by atoms with E-state index >= 15 is 0 Å². The van der Waals surface area contributed by atoms with Crippen LogP contribution < -0.4 is 0 Å². The number of rotatable bonds is 3. The molecule has 1 N–H and O–H groups in total. The first-order valence-corrected chi connectivity index (χ1v) is 4.57. The second-order valence-corrected chi connectivity index (χ2v) is 3.05. The summed E-state index contributed by atoms with van der Waals surface area (Å²) in [4.78, 5) is 22.7. The van der Waals surface area contributed by atoms with Crippen molar-refractivity contribution in [2.24, 2.45) is 0 Å². The summed E-state index contributed by atoms with van der Waals surface area (Å²) in [5.41, 5.74) is 0.805. The molecule has 15 heavy (non-hydrogen) atoms. The van der Waals surface area contributed by atoms with Crippen LogP contribution in [0.3, 0.4) is 0 Å². The molecule has 0 atom stereocenters. The van der Waals surface area contributed by atoms with Crippen molar-refractivity contribution in [2.75, 3.05) is 6.61 Å². The first kappa shape index (κ1) is 11.2. The lowest BCUT2D eigenvalue weighted by Gasteiger charge is -2.04. The third-order valence-electron chi connectivity index (χ3n) is 1.92. The van der Waals surface area contributed by atoms with Crippen LogP contribution in [-0.2, 0) is 9.53 Å². The summed E-state index contributed by atoms with van der Waals surface area (Å²) < 4.78 is 4.59. The van der Waals surface area contributed by atoms with Crippen LogP contribution in [0, 0.1) is 6.92 Å². The molecule has 0 radical (unpaired) electrons. The van der Waals surface area contributed by atoms with Gasteiger partial charge in [0.15, 0.2) is 0 Å². The van der Waals surface area contributed by atoms with Crippen LogP contribution in [0.15, 0.2) is 18.2 Å². The number of benzene rings is 1. The highest BCUT2D eigenvalue weighted by Crippen LogP contribution is 2.16. The number of carbonyl (C=O) groups is 2. The van der Waals surface area contributed by atoms with Gasteiger partial charge in [0.05, 0.1) is 6.61 Å². The molecule has 1 rings (SSSR count). The molecule has 0 spiro atoms. The van der Waals surface area contributed by atoms with E-state index in [1.165, 1.54) is 18.2 Å². The maximum absolute atomic E-state index is 11.5. The molecule has 0 aliphatic carbocycles. The molecule has 0 saturated carbocycles. The Balaban J connectivity index is 2.96. The summed E-state index contributed by atoms with van der Waals surface area (Å²) in [7, 11) is 0. The van der Waals surface area contributed by atoms with Crippen molar-refractivity contribution in [2.45, 2.75) is 13.8 Å². The fourth-order valence-electron chi connectivity index (χ4n) is 1.21. The molecule has 4 heteroatoms. The van der Waals surface area contributed by atoms with Crippen molar-refractivity contribution in [3.05, 3.63) is 29.3 Å². The topological polar surface area (TPSA) is 63.6 Å². The maximum Gasteiger partial charge on any atom is 0.379 e. The summed E-state index contributed by atoms with van der Waals surface area (Å²) in [5.74, 6) is -1.49. The highest BCUT2D eigenvalue weighted by Gasteiger charge is 2.19. The van der Waals surface area contributed by atoms with Gasteiger partial charge in [-0.1, -0.05) is 0 Å². The minimum atomic E-state index is -0.869. The van der Waals surface area contributed by atoms with Crippen LogP contribution in [0.25, 0.3) is 0 Å². The Hall–Kier alpha value is -1.84. The first-order valence-electron chi connectivity index (χ1n) is 4.57. The summed E-state index contributed by atoms with van der Waals surface area (Å²) in [6.07, 6.45) is 0. The van der Waals surface area contributed by atoms with E-state index in [0.717, 1.165) is 0 Å². The molecule has 0 heterocycles. The standard InChI is InChI=1S/C11H12O4/c1-3-15-11(14)10(13)9-5-4-8(12)6-7(9)2/h4-6,12H,3H2,1-2H3. The van der Waals surface area contributed by atoms with Crippen molar-refractivity contribution < 1.29 is 19.4 Å². The van der Waals surface area contributed by atoms with Crippen molar-refractivity contribution in [1.29, 1.82) is 0 Å². The number of esters is 1. The Bertz CT molecular complexity index is 396.